The molecular weight excluding hydrogens is 840 g/mol. The predicted octanol–water partition coefficient (Wildman–Crippen LogP) is 8.52. The van der Waals surface area contributed by atoms with Crippen molar-refractivity contribution in [1.82, 2.24) is 9.97 Å². The van der Waals surface area contributed by atoms with E-state index < -0.39 is 41.5 Å². The Balaban J connectivity index is 0.000000732. The molecule has 1 aliphatic rings. The van der Waals surface area contributed by atoms with Crippen molar-refractivity contribution in [2.24, 2.45) is 17.4 Å². The first kappa shape index (κ1) is 46.3. The molecule has 0 radical (unpaired) electrons. The van der Waals surface area contributed by atoms with Gasteiger partial charge in [-0.2, -0.15) is 0 Å². The van der Waals surface area contributed by atoms with Gasteiger partial charge in [0.15, 0.2) is 0 Å². The molecule has 2 amide bonds. The van der Waals surface area contributed by atoms with Crippen LogP contribution in [0.25, 0.3) is 21.5 Å². The molecule has 8 rings (SSSR count). The molecule has 14 heteroatoms. The van der Waals surface area contributed by atoms with Crippen molar-refractivity contribution < 1.29 is 38.1 Å². The van der Waals surface area contributed by atoms with E-state index in [1.54, 1.807) is 73.3 Å². The smallest absolute Gasteiger partial charge is 0.338 e. The number of benzene rings is 5. The minimum atomic E-state index is -1.17. The van der Waals surface area contributed by atoms with Gasteiger partial charge in [-0.3, -0.25) is 24.4 Å². The van der Waals surface area contributed by atoms with Crippen LogP contribution in [0.4, 0.5) is 15.8 Å². The minimum Gasteiger partial charge on any atom is -0.496 e. The van der Waals surface area contributed by atoms with E-state index in [4.69, 9.17) is 26.0 Å². The number of anilines is 2. The predicted molar refractivity (Wildman–Crippen MR) is 252 cm³/mol. The lowest BCUT2D eigenvalue weighted by Gasteiger charge is -2.29. The number of nitrogens with zero attached hydrogens (tertiary/aromatic N) is 2. The number of aromatic nitrogens is 2. The highest BCUT2D eigenvalue weighted by atomic mass is 19.1. The average molecular weight is 891 g/mol. The minimum absolute atomic E-state index is 0.0185. The highest BCUT2D eigenvalue weighted by Gasteiger charge is 2.32. The summed E-state index contributed by atoms with van der Waals surface area (Å²) in [6.07, 6.45) is 11.0. The van der Waals surface area contributed by atoms with Gasteiger partial charge in [0, 0.05) is 65.1 Å². The third-order valence-electron chi connectivity index (χ3n) is 11.8. The van der Waals surface area contributed by atoms with Gasteiger partial charge in [-0.1, -0.05) is 67.4 Å². The molecule has 7 aromatic rings. The molecule has 13 nitrogen and oxygen atoms in total. The van der Waals surface area contributed by atoms with Crippen molar-refractivity contribution in [2.45, 2.75) is 56.6 Å². The summed E-state index contributed by atoms with van der Waals surface area (Å²) in [7, 11) is 1.51. The van der Waals surface area contributed by atoms with Gasteiger partial charge in [0.25, 0.3) is 0 Å². The Hall–Kier alpha value is -7.71. The van der Waals surface area contributed by atoms with E-state index in [-0.39, 0.29) is 37.0 Å². The van der Waals surface area contributed by atoms with E-state index in [1.807, 2.05) is 54.6 Å². The SMILES string of the molecule is COc1cc(C(CN)C(=O)Nc2ccc3cnccc3c2)ccc1CC(Nc1ccc2cnccc2c1)C(C(N)=O)c1ccc(COC(=O)c2ccccc2)cc1F.O=C(O)C1CCCC1. The number of halogens is 1. The number of rotatable bonds is 16. The van der Waals surface area contributed by atoms with E-state index >= 15 is 4.39 Å². The second-order valence-electron chi connectivity index (χ2n) is 16.2. The fraction of sp³-hybridized carbons (Fsp3) is 0.231. The van der Waals surface area contributed by atoms with Gasteiger partial charge in [0.2, 0.25) is 11.8 Å². The lowest BCUT2D eigenvalue weighted by molar-refractivity contribution is -0.141. The van der Waals surface area contributed by atoms with Gasteiger partial charge in [-0.05, 0) is 107 Å². The molecule has 338 valence electrons. The van der Waals surface area contributed by atoms with E-state index in [1.165, 1.54) is 19.2 Å². The number of ether oxygens (including phenoxy) is 2. The maximum Gasteiger partial charge on any atom is 0.338 e. The Labute approximate surface area is 381 Å². The Morgan fingerprint density at radius 3 is 2.08 bits per heavy atom. The van der Waals surface area contributed by atoms with Crippen LogP contribution in [0.15, 0.2) is 140 Å². The molecule has 3 atom stereocenters. The number of carboxylic acid groups (broad SMARTS) is 1. The van der Waals surface area contributed by atoms with Crippen LogP contribution in [-0.4, -0.2) is 58.5 Å². The second-order valence-corrected chi connectivity index (χ2v) is 16.2. The molecule has 2 heterocycles. The summed E-state index contributed by atoms with van der Waals surface area (Å²) in [6.45, 7) is -0.150. The normalized spacial score (nSPS) is 13.7. The van der Waals surface area contributed by atoms with Crippen LogP contribution in [0, 0.1) is 11.7 Å². The molecule has 1 saturated carbocycles. The van der Waals surface area contributed by atoms with Crippen molar-refractivity contribution in [3.05, 3.63) is 174 Å². The maximum atomic E-state index is 16.1. The number of pyridine rings is 2. The molecule has 7 N–H and O–H groups in total. The largest absolute Gasteiger partial charge is 0.496 e. The number of primary amides is 1. The number of carbonyl (C=O) groups excluding carboxylic acids is 3. The second kappa shape index (κ2) is 21.8. The fourth-order valence-electron chi connectivity index (χ4n) is 8.27. The molecular formula is C52H51FN6O7. The third-order valence-corrected chi connectivity index (χ3v) is 11.8. The zero-order chi connectivity index (χ0) is 46.6. The van der Waals surface area contributed by atoms with E-state index in [9.17, 15) is 19.2 Å². The summed E-state index contributed by atoms with van der Waals surface area (Å²) in [5, 5.41) is 18.5. The number of amides is 2. The summed E-state index contributed by atoms with van der Waals surface area (Å²) in [4.78, 5) is 58.1. The molecule has 2 aromatic heterocycles. The molecule has 3 unspecified atom stereocenters. The van der Waals surface area contributed by atoms with Crippen LogP contribution < -0.4 is 26.8 Å². The number of aliphatic carboxylic acids is 1. The van der Waals surface area contributed by atoms with Crippen molar-refractivity contribution in [3.63, 3.8) is 0 Å². The maximum absolute atomic E-state index is 16.1. The Bertz CT molecular complexity index is 2840. The van der Waals surface area contributed by atoms with Crippen LogP contribution in [0.2, 0.25) is 0 Å². The Morgan fingerprint density at radius 1 is 0.803 bits per heavy atom. The van der Waals surface area contributed by atoms with Crippen LogP contribution in [0.3, 0.4) is 0 Å². The van der Waals surface area contributed by atoms with Crippen LogP contribution in [0.1, 0.15) is 70.1 Å². The highest BCUT2D eigenvalue weighted by molar-refractivity contribution is 5.98. The molecule has 1 fully saturated rings. The summed E-state index contributed by atoms with van der Waals surface area (Å²) in [5.74, 6) is -4.35. The van der Waals surface area contributed by atoms with Crippen molar-refractivity contribution >= 4 is 56.7 Å². The number of hydrogen-bond donors (Lipinski definition) is 5. The number of esters is 1. The Morgan fingerprint density at radius 2 is 1.47 bits per heavy atom. The van der Waals surface area contributed by atoms with Crippen LogP contribution in [0.5, 0.6) is 5.75 Å². The monoisotopic (exact) mass is 890 g/mol. The first-order chi connectivity index (χ1) is 32.0. The summed E-state index contributed by atoms with van der Waals surface area (Å²) >= 11 is 0. The Kier molecular flexibility index (Phi) is 15.3. The summed E-state index contributed by atoms with van der Waals surface area (Å²) in [5.41, 5.74) is 15.7. The lowest BCUT2D eigenvalue weighted by Crippen LogP contribution is -2.38. The standard InChI is InChI=1S/C46H41FN6O5.C6H10O2/c1-57-42-23-32(39(24-48)45(55)53-37-13-11-35-26-51-18-16-31(35)21-37)8-9-33(42)22-41(52-36-12-10-34-25-50-17-15-30(34)20-36)43(44(49)54)38-14-7-28(19-40(38)47)27-58-46(56)29-5-3-2-4-6-29;7-6(8)5-3-1-2-4-5/h2-21,23,25-26,39,41,43,52H,22,24,27,48H2,1H3,(H2,49,54)(H,53,55);5H,1-4H2,(H,7,8). The number of carboxylic acids is 1. The molecule has 66 heavy (non-hydrogen) atoms. The molecule has 0 saturated heterocycles. The van der Waals surface area contributed by atoms with E-state index in [0.717, 1.165) is 47.2 Å². The fourth-order valence-corrected chi connectivity index (χ4v) is 8.27. The number of carbonyl (C=O) groups is 4. The summed E-state index contributed by atoms with van der Waals surface area (Å²) < 4.78 is 27.4. The molecule has 1 aliphatic carbocycles. The van der Waals surface area contributed by atoms with Crippen molar-refractivity contribution in [1.29, 1.82) is 0 Å². The molecule has 5 aromatic carbocycles. The van der Waals surface area contributed by atoms with Crippen LogP contribution >= 0.6 is 0 Å². The van der Waals surface area contributed by atoms with Gasteiger partial charge in [-0.15, -0.1) is 0 Å². The number of hydrogen-bond acceptors (Lipinski definition) is 10. The molecule has 0 aliphatic heterocycles. The average Bonchev–Trinajstić information content (AvgIpc) is 3.89. The summed E-state index contributed by atoms with van der Waals surface area (Å²) in [6, 6.07) is 32.4. The van der Waals surface area contributed by atoms with Gasteiger partial charge in [0.05, 0.1) is 30.4 Å². The van der Waals surface area contributed by atoms with Crippen LogP contribution in [-0.2, 0) is 32.1 Å². The zero-order valence-electron chi connectivity index (χ0n) is 36.4. The topological polar surface area (TPSA) is 209 Å². The number of nitrogens with two attached hydrogens (primary N) is 2. The third kappa shape index (κ3) is 11.5. The van der Waals surface area contributed by atoms with E-state index in [0.29, 0.717) is 39.4 Å². The first-order valence-corrected chi connectivity index (χ1v) is 21.7. The molecule has 0 spiro atoms. The van der Waals surface area contributed by atoms with Gasteiger partial charge < -0.3 is 36.7 Å². The number of fused-ring (bicyclic) bond motifs is 2. The van der Waals surface area contributed by atoms with Gasteiger partial charge in [0.1, 0.15) is 18.2 Å². The van der Waals surface area contributed by atoms with Crippen molar-refractivity contribution in [3.8, 4) is 5.75 Å². The zero-order valence-corrected chi connectivity index (χ0v) is 36.4. The van der Waals surface area contributed by atoms with E-state index in [2.05, 4.69) is 20.6 Å². The van der Waals surface area contributed by atoms with Crippen molar-refractivity contribution in [2.75, 3.05) is 24.3 Å². The van der Waals surface area contributed by atoms with Gasteiger partial charge in [-0.25, -0.2) is 9.18 Å². The van der Waals surface area contributed by atoms with Gasteiger partial charge >= 0.3 is 11.9 Å². The number of nitrogens with one attached hydrogen (secondary N) is 2. The number of methoxy groups -OCH3 is 1. The molecule has 0 bridgehead atoms. The lowest BCUT2D eigenvalue weighted by atomic mass is 9.85. The highest BCUT2D eigenvalue weighted by Crippen LogP contribution is 2.34. The first-order valence-electron chi connectivity index (χ1n) is 21.7. The quantitative estimate of drug-likeness (QED) is 0.0581.